The number of carboxylic acids is 1. The Labute approximate surface area is 140 Å². The van der Waals surface area contributed by atoms with E-state index in [4.69, 9.17) is 0 Å². The van der Waals surface area contributed by atoms with Gasteiger partial charge in [0.15, 0.2) is 0 Å². The molecular formula is C18H21NO3S. The molecule has 0 aliphatic heterocycles. The fourth-order valence-corrected chi connectivity index (χ4v) is 3.46. The predicted octanol–water partition coefficient (Wildman–Crippen LogP) is 3.29. The molecule has 4 nitrogen and oxygen atoms in total. The van der Waals surface area contributed by atoms with Gasteiger partial charge in [0.1, 0.15) is 0 Å². The second-order valence-corrected chi connectivity index (χ2v) is 6.64. The molecule has 1 unspecified atom stereocenters. The molecule has 0 aliphatic carbocycles. The first kappa shape index (κ1) is 17.2. The van der Waals surface area contributed by atoms with E-state index >= 15 is 0 Å². The van der Waals surface area contributed by atoms with Gasteiger partial charge in [-0.3, -0.25) is 9.59 Å². The van der Waals surface area contributed by atoms with Gasteiger partial charge in [-0.25, -0.2) is 0 Å². The van der Waals surface area contributed by atoms with E-state index in [9.17, 15) is 14.7 Å². The van der Waals surface area contributed by atoms with Crippen molar-refractivity contribution in [1.29, 1.82) is 0 Å². The first-order valence-electron chi connectivity index (χ1n) is 7.65. The standard InChI is InChI=1S/C18H21NO3S/c1-3-15-12(2)9-16(23-15)17(20)19-11-14(18(21)22)10-13-7-5-4-6-8-13/h4-9,14H,3,10-11H2,1-2H3,(H,19,20)(H,21,22). The Balaban J connectivity index is 1.98. The molecule has 0 fully saturated rings. The third-order valence-corrected chi connectivity index (χ3v) is 5.13. The lowest BCUT2D eigenvalue weighted by atomic mass is 9.99. The first-order valence-corrected chi connectivity index (χ1v) is 8.47. The minimum Gasteiger partial charge on any atom is -0.481 e. The summed E-state index contributed by atoms with van der Waals surface area (Å²) in [5, 5.41) is 12.1. The summed E-state index contributed by atoms with van der Waals surface area (Å²) in [5.74, 6) is -1.73. The normalized spacial score (nSPS) is 11.9. The van der Waals surface area contributed by atoms with Crippen molar-refractivity contribution in [2.24, 2.45) is 5.92 Å². The minimum absolute atomic E-state index is 0.126. The lowest BCUT2D eigenvalue weighted by Gasteiger charge is -2.13. The van der Waals surface area contributed by atoms with E-state index in [1.807, 2.05) is 43.3 Å². The molecule has 0 saturated carbocycles. The third kappa shape index (κ3) is 4.66. The number of hydrogen-bond acceptors (Lipinski definition) is 3. The molecule has 1 aromatic carbocycles. The topological polar surface area (TPSA) is 66.4 Å². The molecule has 2 rings (SSSR count). The molecule has 1 atom stereocenters. The number of carboxylic acid groups (broad SMARTS) is 1. The summed E-state index contributed by atoms with van der Waals surface area (Å²) in [7, 11) is 0. The van der Waals surface area contributed by atoms with Crippen molar-refractivity contribution >= 4 is 23.2 Å². The van der Waals surface area contributed by atoms with Gasteiger partial charge >= 0.3 is 5.97 Å². The molecule has 1 amide bonds. The maximum Gasteiger partial charge on any atom is 0.308 e. The molecule has 0 aliphatic rings. The number of hydrogen-bond donors (Lipinski definition) is 2. The maximum absolute atomic E-state index is 12.2. The van der Waals surface area contributed by atoms with Gasteiger partial charge in [0, 0.05) is 11.4 Å². The number of aryl methyl sites for hydroxylation is 2. The number of rotatable bonds is 7. The number of benzene rings is 1. The quantitative estimate of drug-likeness (QED) is 0.818. The van der Waals surface area contributed by atoms with E-state index in [1.165, 1.54) is 16.2 Å². The molecular weight excluding hydrogens is 310 g/mol. The summed E-state index contributed by atoms with van der Waals surface area (Å²) in [6.45, 7) is 4.17. The largest absolute Gasteiger partial charge is 0.481 e. The summed E-state index contributed by atoms with van der Waals surface area (Å²) in [4.78, 5) is 25.5. The molecule has 1 heterocycles. The van der Waals surface area contributed by atoms with Gasteiger partial charge in [0.25, 0.3) is 5.91 Å². The maximum atomic E-state index is 12.2. The van der Waals surface area contributed by atoms with Crippen LogP contribution in [0, 0.1) is 12.8 Å². The smallest absolute Gasteiger partial charge is 0.308 e. The number of nitrogens with one attached hydrogen (secondary N) is 1. The molecule has 0 radical (unpaired) electrons. The summed E-state index contributed by atoms with van der Waals surface area (Å²) >= 11 is 1.47. The molecule has 0 bridgehead atoms. The highest BCUT2D eigenvalue weighted by molar-refractivity contribution is 7.14. The van der Waals surface area contributed by atoms with Crippen molar-refractivity contribution in [3.63, 3.8) is 0 Å². The van der Waals surface area contributed by atoms with E-state index in [2.05, 4.69) is 12.2 Å². The van der Waals surface area contributed by atoms with E-state index in [1.54, 1.807) is 0 Å². The molecule has 5 heteroatoms. The fourth-order valence-electron chi connectivity index (χ4n) is 2.43. The highest BCUT2D eigenvalue weighted by Crippen LogP contribution is 2.22. The van der Waals surface area contributed by atoms with Crippen LogP contribution in [-0.4, -0.2) is 23.5 Å². The summed E-state index contributed by atoms with van der Waals surface area (Å²) in [6.07, 6.45) is 1.30. The average Bonchev–Trinajstić information content (AvgIpc) is 2.93. The Hall–Kier alpha value is -2.14. The Kier molecular flexibility index (Phi) is 5.93. The summed E-state index contributed by atoms with van der Waals surface area (Å²) < 4.78 is 0. The molecule has 2 N–H and O–H groups in total. The van der Waals surface area contributed by atoms with Crippen LogP contribution in [0.3, 0.4) is 0 Å². The Morgan fingerprint density at radius 1 is 1.26 bits per heavy atom. The zero-order valence-electron chi connectivity index (χ0n) is 13.3. The third-order valence-electron chi connectivity index (χ3n) is 3.75. The van der Waals surface area contributed by atoms with E-state index in [-0.39, 0.29) is 12.5 Å². The number of carbonyl (C=O) groups is 2. The monoisotopic (exact) mass is 331 g/mol. The predicted molar refractivity (Wildman–Crippen MR) is 92.0 cm³/mol. The van der Waals surface area contributed by atoms with Crippen LogP contribution >= 0.6 is 11.3 Å². The van der Waals surface area contributed by atoms with Gasteiger partial charge in [-0.15, -0.1) is 11.3 Å². The van der Waals surface area contributed by atoms with E-state index < -0.39 is 11.9 Å². The number of amides is 1. The van der Waals surface area contributed by atoms with Crippen LogP contribution in [0.2, 0.25) is 0 Å². The highest BCUT2D eigenvalue weighted by atomic mass is 32.1. The summed E-state index contributed by atoms with van der Waals surface area (Å²) in [6, 6.07) is 11.3. The molecule has 0 saturated heterocycles. The van der Waals surface area contributed by atoms with Crippen molar-refractivity contribution in [2.75, 3.05) is 6.54 Å². The zero-order chi connectivity index (χ0) is 16.8. The zero-order valence-corrected chi connectivity index (χ0v) is 14.2. The summed E-state index contributed by atoms with van der Waals surface area (Å²) in [5.41, 5.74) is 2.07. The molecule has 23 heavy (non-hydrogen) atoms. The fraction of sp³-hybridized carbons (Fsp3) is 0.333. The van der Waals surface area contributed by atoms with Crippen molar-refractivity contribution in [2.45, 2.75) is 26.7 Å². The van der Waals surface area contributed by atoms with Gasteiger partial charge in [-0.05, 0) is 37.0 Å². The molecule has 122 valence electrons. The second-order valence-electron chi connectivity index (χ2n) is 5.51. The molecule has 1 aromatic heterocycles. The molecule has 0 spiro atoms. The van der Waals surface area contributed by atoms with E-state index in [0.29, 0.717) is 11.3 Å². The van der Waals surface area contributed by atoms with Crippen LogP contribution in [0.1, 0.15) is 32.6 Å². The van der Waals surface area contributed by atoms with Crippen molar-refractivity contribution in [3.8, 4) is 0 Å². The average molecular weight is 331 g/mol. The van der Waals surface area contributed by atoms with Crippen molar-refractivity contribution < 1.29 is 14.7 Å². The van der Waals surface area contributed by atoms with Crippen molar-refractivity contribution in [1.82, 2.24) is 5.32 Å². The van der Waals surface area contributed by atoms with Crippen LogP contribution in [0.5, 0.6) is 0 Å². The number of thiophene rings is 1. The Morgan fingerprint density at radius 3 is 2.52 bits per heavy atom. The van der Waals surface area contributed by atoms with Crippen LogP contribution in [0.4, 0.5) is 0 Å². The lowest BCUT2D eigenvalue weighted by Crippen LogP contribution is -2.33. The van der Waals surface area contributed by atoms with Crippen LogP contribution in [0.25, 0.3) is 0 Å². The second kappa shape index (κ2) is 7.92. The van der Waals surface area contributed by atoms with Crippen LogP contribution in [-0.2, 0) is 17.6 Å². The molecule has 2 aromatic rings. The van der Waals surface area contributed by atoms with Crippen molar-refractivity contribution in [3.05, 3.63) is 57.3 Å². The van der Waals surface area contributed by atoms with Crippen LogP contribution in [0.15, 0.2) is 36.4 Å². The highest BCUT2D eigenvalue weighted by Gasteiger charge is 2.20. The van der Waals surface area contributed by atoms with Gasteiger partial charge in [0.2, 0.25) is 0 Å². The minimum atomic E-state index is -0.897. The SMILES string of the molecule is CCc1sc(C(=O)NCC(Cc2ccccc2)C(=O)O)cc1C. The van der Waals surface area contributed by atoms with Gasteiger partial charge < -0.3 is 10.4 Å². The Bertz CT molecular complexity index is 679. The van der Waals surface area contributed by atoms with E-state index in [0.717, 1.165) is 17.5 Å². The Morgan fingerprint density at radius 2 is 1.96 bits per heavy atom. The van der Waals surface area contributed by atoms with Gasteiger partial charge in [0.05, 0.1) is 10.8 Å². The first-order chi connectivity index (χ1) is 11.0. The van der Waals surface area contributed by atoms with Crippen LogP contribution < -0.4 is 5.32 Å². The van der Waals surface area contributed by atoms with Gasteiger partial charge in [-0.1, -0.05) is 37.3 Å². The van der Waals surface area contributed by atoms with Gasteiger partial charge in [-0.2, -0.15) is 0 Å². The number of carbonyl (C=O) groups excluding carboxylic acids is 1. The lowest BCUT2D eigenvalue weighted by molar-refractivity contribution is -0.141. The number of aliphatic carboxylic acids is 1.